The van der Waals surface area contributed by atoms with E-state index in [1.165, 1.54) is 45.2 Å². The van der Waals surface area contributed by atoms with E-state index in [0.717, 1.165) is 41.2 Å². The third-order valence-corrected chi connectivity index (χ3v) is 19.3. The van der Waals surface area contributed by atoms with E-state index in [0.29, 0.717) is 5.16 Å². The van der Waals surface area contributed by atoms with Gasteiger partial charge in [-0.1, -0.05) is 46.6 Å². The average molecular weight is 679 g/mol. The van der Waals surface area contributed by atoms with Crippen molar-refractivity contribution in [1.82, 2.24) is 10.6 Å². The molecule has 4 bridgehead atoms. The van der Waals surface area contributed by atoms with Gasteiger partial charge in [0.15, 0.2) is 0 Å². The van der Waals surface area contributed by atoms with Crippen LogP contribution in [0.5, 0.6) is 0 Å². The van der Waals surface area contributed by atoms with Gasteiger partial charge in [0.2, 0.25) is 0 Å². The van der Waals surface area contributed by atoms with E-state index < -0.39 is 8.07 Å². The molecule has 6 aliphatic rings. The van der Waals surface area contributed by atoms with Crippen LogP contribution in [0.15, 0.2) is 42.5 Å². The van der Waals surface area contributed by atoms with Crippen LogP contribution in [-0.4, -0.2) is 45.1 Å². The number of hydrogen-bond donors (Lipinski definition) is 2. The minimum absolute atomic E-state index is 0. The van der Waals surface area contributed by atoms with Crippen LogP contribution in [0.1, 0.15) is 76.8 Å². The first-order valence-corrected chi connectivity index (χ1v) is 23.1. The van der Waals surface area contributed by atoms with E-state index in [-0.39, 0.29) is 30.1 Å². The Morgan fingerprint density at radius 2 is 1.35 bits per heavy atom. The summed E-state index contributed by atoms with van der Waals surface area (Å²) >= 11 is 0. The van der Waals surface area contributed by atoms with Gasteiger partial charge in [0.05, 0.1) is 0 Å². The third-order valence-electron chi connectivity index (χ3n) is 12.1. The van der Waals surface area contributed by atoms with E-state index >= 15 is 0 Å². The predicted octanol–water partition coefficient (Wildman–Crippen LogP) is 8.25. The maximum atomic E-state index is 3.76. The summed E-state index contributed by atoms with van der Waals surface area (Å²) in [5.74, 6) is 5.70. The van der Waals surface area contributed by atoms with E-state index in [1.54, 1.807) is 48.4 Å². The molecule has 43 heavy (non-hydrogen) atoms. The van der Waals surface area contributed by atoms with E-state index in [9.17, 15) is 0 Å². The topological polar surface area (TPSA) is 24.1 Å². The van der Waals surface area contributed by atoms with Crippen molar-refractivity contribution in [2.24, 2.45) is 35.5 Å². The van der Waals surface area contributed by atoms with Crippen LogP contribution in [-0.2, 0) is 28.4 Å². The van der Waals surface area contributed by atoms with E-state index in [4.69, 9.17) is 0 Å². The van der Waals surface area contributed by atoms with Crippen LogP contribution < -0.4 is 15.8 Å². The van der Waals surface area contributed by atoms with E-state index in [2.05, 4.69) is 72.4 Å². The number of hydrogen-bond acceptors (Lipinski definition) is 2. The van der Waals surface area contributed by atoms with Crippen LogP contribution in [0.2, 0.25) is 19.6 Å². The Balaban J connectivity index is 0.000000559. The van der Waals surface area contributed by atoms with Gasteiger partial charge < -0.3 is 41.0 Å². The van der Waals surface area contributed by atoms with Gasteiger partial charge in [-0.05, 0) is 123 Å². The summed E-state index contributed by atoms with van der Waals surface area (Å²) in [6, 6.07) is 15.5. The van der Waals surface area contributed by atoms with Crippen LogP contribution in [0, 0.1) is 35.5 Å². The Kier molecular flexibility index (Phi) is 11.0. The summed E-state index contributed by atoms with van der Waals surface area (Å²) in [5.41, 5.74) is 4.56. The molecule has 4 aliphatic carbocycles. The molecule has 6 fully saturated rings. The molecule has 0 radical (unpaired) electrons. The van der Waals surface area contributed by atoms with Gasteiger partial charge in [-0.15, -0.1) is 22.7 Å². The smallest absolute Gasteiger partial charge is 0.00394 e. The molecule has 2 N–H and O–H groups in total. The largest absolute Gasteiger partial charge is 0.748 e. The molecule has 246 valence electrons. The molecule has 0 aromatic heterocycles. The van der Waals surface area contributed by atoms with Crippen LogP contribution in [0.4, 0.5) is 0 Å². The van der Waals surface area contributed by atoms with Crippen LogP contribution in [0.3, 0.4) is 0 Å². The molecule has 0 spiro atoms. The van der Waals surface area contributed by atoms with Gasteiger partial charge in [-0.2, -0.15) is 11.6 Å². The van der Waals surface area contributed by atoms with Gasteiger partial charge >= 0.3 is 0 Å². The first-order valence-electron chi connectivity index (χ1n) is 17.4. The van der Waals surface area contributed by atoms with Crippen molar-refractivity contribution in [3.8, 4) is 0 Å². The number of rotatable bonds is 7. The minimum atomic E-state index is -1.40. The van der Waals surface area contributed by atoms with Crippen molar-refractivity contribution in [2.75, 3.05) is 26.2 Å². The number of nitrogens with one attached hydrogen (secondary N) is 2. The van der Waals surface area contributed by atoms with Crippen LogP contribution >= 0.6 is 17.2 Å². The zero-order valence-corrected chi connectivity index (χ0v) is 32.1. The summed E-state index contributed by atoms with van der Waals surface area (Å²) in [6.07, 6.45) is 11.9. The molecule has 2 saturated heterocycles. The molecular weight excluding hydrogens is 618 g/mol. The van der Waals surface area contributed by atoms with Crippen molar-refractivity contribution in [1.29, 1.82) is 0 Å². The summed E-state index contributed by atoms with van der Waals surface area (Å²) in [7, 11) is 2.10. The maximum absolute atomic E-state index is 3.76. The van der Waals surface area contributed by atoms with Gasteiger partial charge in [-0.3, -0.25) is 0 Å². The zero-order chi connectivity index (χ0) is 29.7. The molecule has 2 aliphatic heterocycles. The average Bonchev–Trinajstić information content (AvgIpc) is 3.75. The second-order valence-electron chi connectivity index (χ2n) is 16.9. The van der Waals surface area contributed by atoms with Crippen molar-refractivity contribution in [3.05, 3.63) is 53.6 Å². The Hall–Kier alpha value is 0.216. The molecule has 2 aromatic carbocycles. The summed E-state index contributed by atoms with van der Waals surface area (Å²) in [6.45, 7) is 20.3. The Morgan fingerprint density at radius 1 is 0.860 bits per heavy atom. The Labute approximate surface area is 279 Å². The second-order valence-corrected chi connectivity index (χ2v) is 26.2. The molecule has 2 aromatic rings. The standard InChI is InChI=1S/C32H55N2P2Si.C5H5.Fe/c1-31(2,3)36(30-23-12-21-11-22(14-23)15-24(30)13-21)20-25-16-28(37(4,5)6)17-29(25)32(35,26-7-9-33-18-26)27-8-10-34-19-27;1-2-4-5-3-1;/h16-17,21-24,26-27,30,33-34H,7-15,18-20,35H2,1-6H3;1-5H;/q-1;-5;. The normalized spacial score (nSPS) is 33.9. The maximum Gasteiger partial charge on any atom is 0.00394 e. The molecule has 2 heterocycles. The minimum Gasteiger partial charge on any atom is -0.748 e. The molecule has 0 amide bonds. The fraction of sp³-hybridized carbons (Fsp3) is 0.730. The summed E-state index contributed by atoms with van der Waals surface area (Å²) in [5, 5.41) is 9.87. The first kappa shape index (κ1) is 34.5. The van der Waals surface area contributed by atoms with Crippen molar-refractivity contribution in [3.63, 3.8) is 0 Å². The molecule has 4 unspecified atom stereocenters. The van der Waals surface area contributed by atoms with Gasteiger partial charge in [0, 0.05) is 25.1 Å². The Morgan fingerprint density at radius 3 is 1.74 bits per heavy atom. The second kappa shape index (κ2) is 13.8. The van der Waals surface area contributed by atoms with Gasteiger partial charge in [0.25, 0.3) is 0 Å². The summed E-state index contributed by atoms with van der Waals surface area (Å²) < 4.78 is 0. The van der Waals surface area contributed by atoms with Crippen LogP contribution in [0.25, 0.3) is 0 Å². The van der Waals surface area contributed by atoms with Crippen molar-refractivity contribution in [2.45, 2.75) is 107 Å². The molecule has 2 nitrogen and oxygen atoms in total. The van der Waals surface area contributed by atoms with Crippen molar-refractivity contribution >= 4 is 30.4 Å². The zero-order valence-electron chi connectivity index (χ0n) is 27.9. The third kappa shape index (κ3) is 7.22. The quantitative estimate of drug-likeness (QED) is 0.175. The molecule has 8 rings (SSSR count). The van der Waals surface area contributed by atoms with Gasteiger partial charge in [0.1, 0.15) is 0 Å². The SMILES string of the molecule is CC(C)(C)P(C[c-]1cc([Si](C)(C)C)cc1C(P)(C1CCNC1)C1CCNC1)C1C2CC3CC(C2)CC1C3.[Fe].[cH-]1[cH-][cH-][cH-][cH-]1. The molecule has 6 heteroatoms. The molecular formula is C37H60FeN2P2Si-6. The Bertz CT molecular complexity index is 1090. The van der Waals surface area contributed by atoms with Crippen molar-refractivity contribution < 1.29 is 17.1 Å². The fourth-order valence-electron chi connectivity index (χ4n) is 10.1. The monoisotopic (exact) mass is 678 g/mol. The first-order chi connectivity index (χ1) is 19.9. The molecule has 4 atom stereocenters. The molecule has 4 saturated carbocycles. The van der Waals surface area contributed by atoms with E-state index in [1.807, 2.05) is 30.3 Å². The predicted molar refractivity (Wildman–Crippen MR) is 192 cm³/mol. The summed E-state index contributed by atoms with van der Waals surface area (Å²) in [4.78, 5) is 0. The fourth-order valence-corrected chi connectivity index (χ4v) is 15.9. The van der Waals surface area contributed by atoms with Gasteiger partial charge in [-0.25, -0.2) is 11.3 Å².